The lowest BCUT2D eigenvalue weighted by Gasteiger charge is -2.41. The lowest BCUT2D eigenvalue weighted by molar-refractivity contribution is 0.0504. The second-order valence-electron chi connectivity index (χ2n) is 10.2. The molecule has 1 aromatic heterocycles. The molecule has 6 nitrogen and oxygen atoms in total. The number of hydrogen-bond acceptors (Lipinski definition) is 4. The summed E-state index contributed by atoms with van der Waals surface area (Å²) in [5.41, 5.74) is 1.87. The quantitative estimate of drug-likeness (QED) is 0.463. The number of benzene rings is 2. The first-order chi connectivity index (χ1) is 16.7. The zero-order valence-corrected chi connectivity index (χ0v) is 21.2. The third-order valence-electron chi connectivity index (χ3n) is 6.56. The zero-order valence-electron chi connectivity index (χ0n) is 20.5. The van der Waals surface area contributed by atoms with Crippen LogP contribution < -0.4 is 10.9 Å². The Morgan fingerprint density at radius 2 is 1.80 bits per heavy atom. The maximum Gasteiger partial charge on any atom is 0.407 e. The van der Waals surface area contributed by atoms with Crippen LogP contribution in [0.5, 0.6) is 0 Å². The van der Waals surface area contributed by atoms with Crippen LogP contribution in [-0.2, 0) is 10.2 Å². The van der Waals surface area contributed by atoms with Crippen molar-refractivity contribution >= 4 is 17.7 Å². The van der Waals surface area contributed by atoms with Gasteiger partial charge in [-0.25, -0.2) is 9.48 Å². The van der Waals surface area contributed by atoms with Gasteiger partial charge in [0.05, 0.1) is 11.7 Å². The van der Waals surface area contributed by atoms with Crippen molar-refractivity contribution in [2.75, 3.05) is 6.54 Å². The Hall–Kier alpha value is -3.12. The number of halogens is 1. The Kier molecular flexibility index (Phi) is 7.31. The van der Waals surface area contributed by atoms with E-state index in [1.165, 1.54) is 0 Å². The van der Waals surface area contributed by atoms with Crippen LogP contribution in [-0.4, -0.2) is 28.0 Å². The molecule has 35 heavy (non-hydrogen) atoms. The van der Waals surface area contributed by atoms with Gasteiger partial charge in [0.1, 0.15) is 5.60 Å². The molecule has 0 aliphatic heterocycles. The van der Waals surface area contributed by atoms with E-state index in [1.807, 2.05) is 69.3 Å². The molecular weight excluding hydrogens is 462 g/mol. The minimum Gasteiger partial charge on any atom is -0.444 e. The van der Waals surface area contributed by atoms with Gasteiger partial charge in [0, 0.05) is 28.6 Å². The first kappa shape index (κ1) is 25.0. The Balaban J connectivity index is 1.56. The van der Waals surface area contributed by atoms with Crippen molar-refractivity contribution < 1.29 is 9.53 Å². The average molecular weight is 494 g/mol. The van der Waals surface area contributed by atoms with Gasteiger partial charge >= 0.3 is 6.09 Å². The smallest absolute Gasteiger partial charge is 0.407 e. The van der Waals surface area contributed by atoms with Gasteiger partial charge in [0.2, 0.25) is 0 Å². The molecular formula is C28H32ClN3O3. The van der Waals surface area contributed by atoms with E-state index in [1.54, 1.807) is 16.8 Å². The molecule has 7 heteroatoms. The molecule has 4 rings (SSSR count). The second-order valence-corrected chi connectivity index (χ2v) is 10.7. The van der Waals surface area contributed by atoms with Crippen molar-refractivity contribution in [2.45, 2.75) is 63.5 Å². The Morgan fingerprint density at radius 1 is 1.09 bits per heavy atom. The highest BCUT2D eigenvalue weighted by Crippen LogP contribution is 2.43. The molecule has 0 radical (unpaired) electrons. The highest BCUT2D eigenvalue weighted by molar-refractivity contribution is 6.30. The fraction of sp³-hybridized carbons (Fsp3) is 0.393. The van der Waals surface area contributed by atoms with E-state index in [0.29, 0.717) is 11.6 Å². The largest absolute Gasteiger partial charge is 0.444 e. The molecule has 0 bridgehead atoms. The summed E-state index contributed by atoms with van der Waals surface area (Å²) < 4.78 is 7.09. The summed E-state index contributed by atoms with van der Waals surface area (Å²) in [6, 6.07) is 21.0. The summed E-state index contributed by atoms with van der Waals surface area (Å²) >= 11 is 6.33. The SMILES string of the molecule is CC(C)(C)OC(=O)NC[C@]1(c2cccc(Cl)c2)CC[C@H](n2nc(-c3ccccc3)ccc2=O)CC1. The van der Waals surface area contributed by atoms with E-state index < -0.39 is 11.7 Å². The van der Waals surface area contributed by atoms with Crippen LogP contribution in [0, 0.1) is 0 Å². The van der Waals surface area contributed by atoms with Crippen molar-refractivity contribution in [1.82, 2.24) is 15.1 Å². The van der Waals surface area contributed by atoms with Gasteiger partial charge in [0.15, 0.2) is 0 Å². The van der Waals surface area contributed by atoms with E-state index >= 15 is 0 Å². The second kappa shape index (κ2) is 10.2. The Morgan fingerprint density at radius 3 is 2.46 bits per heavy atom. The summed E-state index contributed by atoms with van der Waals surface area (Å²) in [6.07, 6.45) is 2.63. The topological polar surface area (TPSA) is 73.2 Å². The molecule has 0 spiro atoms. The summed E-state index contributed by atoms with van der Waals surface area (Å²) in [5.74, 6) is 0. The summed E-state index contributed by atoms with van der Waals surface area (Å²) in [6.45, 7) is 5.97. The monoisotopic (exact) mass is 493 g/mol. The molecule has 1 heterocycles. The number of carbonyl (C=O) groups is 1. The molecule has 1 aliphatic rings. The molecule has 0 unspecified atom stereocenters. The number of alkyl carbamates (subject to hydrolysis) is 1. The molecule has 3 aromatic rings. The van der Waals surface area contributed by atoms with Gasteiger partial charge in [-0.3, -0.25) is 4.79 Å². The highest BCUT2D eigenvalue weighted by atomic mass is 35.5. The van der Waals surface area contributed by atoms with Crippen LogP contribution in [0.4, 0.5) is 4.79 Å². The number of rotatable bonds is 5. The number of hydrogen-bond donors (Lipinski definition) is 1. The average Bonchev–Trinajstić information content (AvgIpc) is 2.83. The third kappa shape index (κ3) is 6.12. The number of ether oxygens (including phenoxy) is 1. The Bertz CT molecular complexity index is 1230. The predicted molar refractivity (Wildman–Crippen MR) is 139 cm³/mol. The maximum absolute atomic E-state index is 12.7. The molecule has 1 saturated carbocycles. The van der Waals surface area contributed by atoms with Gasteiger partial charge < -0.3 is 10.1 Å². The predicted octanol–water partition coefficient (Wildman–Crippen LogP) is 6.14. The number of aromatic nitrogens is 2. The Labute approximate surface area is 211 Å². The highest BCUT2D eigenvalue weighted by Gasteiger charge is 2.38. The first-order valence-corrected chi connectivity index (χ1v) is 12.4. The van der Waals surface area contributed by atoms with Crippen LogP contribution in [0.25, 0.3) is 11.3 Å². The third-order valence-corrected chi connectivity index (χ3v) is 6.79. The summed E-state index contributed by atoms with van der Waals surface area (Å²) in [5, 5.41) is 8.35. The molecule has 1 amide bonds. The van der Waals surface area contributed by atoms with Crippen molar-refractivity contribution in [3.63, 3.8) is 0 Å². The van der Waals surface area contributed by atoms with Gasteiger partial charge in [0.25, 0.3) is 5.56 Å². The standard InChI is InChI=1S/C28H32ClN3O3/c1-27(2,3)35-26(34)30-19-28(21-10-7-11-22(29)18-21)16-14-23(15-17-28)32-25(33)13-12-24(31-32)20-8-5-4-6-9-20/h4-13,18,23H,14-17,19H2,1-3H3,(H,30,34)/t23-,28-. The number of nitrogens with zero attached hydrogens (tertiary/aromatic N) is 2. The molecule has 1 fully saturated rings. The van der Waals surface area contributed by atoms with Crippen molar-refractivity contribution in [3.8, 4) is 11.3 Å². The maximum atomic E-state index is 12.7. The molecule has 0 saturated heterocycles. The summed E-state index contributed by atoms with van der Waals surface area (Å²) in [4.78, 5) is 25.2. The van der Waals surface area contributed by atoms with Crippen LogP contribution in [0.15, 0.2) is 71.5 Å². The van der Waals surface area contributed by atoms with Gasteiger partial charge in [-0.1, -0.05) is 54.1 Å². The van der Waals surface area contributed by atoms with Gasteiger partial charge in [-0.15, -0.1) is 0 Å². The first-order valence-electron chi connectivity index (χ1n) is 12.0. The molecule has 2 aromatic carbocycles. The number of amides is 1. The van der Waals surface area contributed by atoms with E-state index in [0.717, 1.165) is 42.5 Å². The van der Waals surface area contributed by atoms with Gasteiger partial charge in [-0.05, 0) is 70.2 Å². The molecule has 1 N–H and O–H groups in total. The molecule has 1 aliphatic carbocycles. The normalized spacial score (nSPS) is 20.3. The fourth-order valence-electron chi connectivity index (χ4n) is 4.79. The van der Waals surface area contributed by atoms with Gasteiger partial charge in [-0.2, -0.15) is 5.10 Å². The minimum absolute atomic E-state index is 0.0139. The molecule has 184 valence electrons. The number of nitrogens with one attached hydrogen (secondary N) is 1. The van der Waals surface area contributed by atoms with E-state index in [-0.39, 0.29) is 17.0 Å². The molecule has 0 atom stereocenters. The fourth-order valence-corrected chi connectivity index (χ4v) is 4.98. The van der Waals surface area contributed by atoms with Crippen LogP contribution in [0.3, 0.4) is 0 Å². The van der Waals surface area contributed by atoms with E-state index in [2.05, 4.69) is 11.4 Å². The van der Waals surface area contributed by atoms with Crippen molar-refractivity contribution in [2.24, 2.45) is 0 Å². The number of carbonyl (C=O) groups excluding carboxylic acids is 1. The van der Waals surface area contributed by atoms with Crippen molar-refractivity contribution in [1.29, 1.82) is 0 Å². The van der Waals surface area contributed by atoms with Crippen LogP contribution in [0.2, 0.25) is 5.02 Å². The zero-order chi connectivity index (χ0) is 25.1. The van der Waals surface area contributed by atoms with Crippen LogP contribution in [0.1, 0.15) is 58.1 Å². The minimum atomic E-state index is -0.568. The van der Waals surface area contributed by atoms with E-state index in [4.69, 9.17) is 21.4 Å². The lowest BCUT2D eigenvalue weighted by Crippen LogP contribution is -2.45. The summed E-state index contributed by atoms with van der Waals surface area (Å²) in [7, 11) is 0. The van der Waals surface area contributed by atoms with Crippen molar-refractivity contribution in [3.05, 3.63) is 87.7 Å². The van der Waals surface area contributed by atoms with Crippen LogP contribution >= 0.6 is 11.6 Å². The lowest BCUT2D eigenvalue weighted by atomic mass is 9.68. The van der Waals surface area contributed by atoms with E-state index in [9.17, 15) is 9.59 Å².